The Morgan fingerprint density at radius 1 is 1.23 bits per heavy atom. The molecule has 0 aliphatic carbocycles. The first-order chi connectivity index (χ1) is 16.4. The minimum atomic E-state index is -0.684. The maximum absolute atomic E-state index is 12.9. The number of Topliss-reactive ketones (excluding diaryl/α,β-unsaturated/α-hetero) is 1. The van der Waals surface area contributed by atoms with E-state index >= 15 is 0 Å². The lowest BCUT2D eigenvalue weighted by molar-refractivity contribution is -0.122. The van der Waals surface area contributed by atoms with E-state index in [9.17, 15) is 19.2 Å². The highest BCUT2D eigenvalue weighted by Crippen LogP contribution is 2.34. The first kappa shape index (κ1) is 26.1. The van der Waals surface area contributed by atoms with Gasteiger partial charge in [0.25, 0.3) is 5.91 Å². The number of amides is 3. The maximum Gasteiger partial charge on any atom is 0.434 e. The molecule has 1 aromatic heterocycles. The van der Waals surface area contributed by atoms with Crippen molar-refractivity contribution in [3.05, 3.63) is 51.2 Å². The molecule has 186 valence electrons. The van der Waals surface area contributed by atoms with Crippen LogP contribution in [0, 0.1) is 0 Å². The predicted octanol–water partition coefficient (Wildman–Crippen LogP) is 3.86. The number of carbonyl (C=O) groups excluding carboxylic acids is 4. The second kappa shape index (κ2) is 10.8. The molecule has 10 heteroatoms. The van der Waals surface area contributed by atoms with Gasteiger partial charge in [0.2, 0.25) is 5.91 Å². The number of hydrogen-bond donors (Lipinski definition) is 1. The van der Waals surface area contributed by atoms with Crippen molar-refractivity contribution in [1.82, 2.24) is 4.90 Å². The Hall–Kier alpha value is -3.53. The first-order valence-corrected chi connectivity index (χ1v) is 12.0. The molecule has 2 N–H and O–H groups in total. The van der Waals surface area contributed by atoms with Gasteiger partial charge < -0.3 is 20.1 Å². The highest BCUT2D eigenvalue weighted by Gasteiger charge is 2.37. The second-order valence-corrected chi connectivity index (χ2v) is 10.2. The van der Waals surface area contributed by atoms with Crippen LogP contribution in [0.1, 0.15) is 66.9 Å². The highest BCUT2D eigenvalue weighted by atomic mass is 32.1. The molecule has 3 rings (SSSR count). The number of hydrogen-bond acceptors (Lipinski definition) is 7. The second-order valence-electron chi connectivity index (χ2n) is 9.21. The Morgan fingerprint density at radius 2 is 1.91 bits per heavy atom. The van der Waals surface area contributed by atoms with Crippen LogP contribution in [0.3, 0.4) is 0 Å². The van der Waals surface area contributed by atoms with Crippen LogP contribution in [0.25, 0.3) is 0 Å². The van der Waals surface area contributed by atoms with Gasteiger partial charge in [0.1, 0.15) is 18.0 Å². The van der Waals surface area contributed by atoms with E-state index in [0.717, 1.165) is 10.4 Å². The molecular weight excluding hydrogens is 470 g/mol. The van der Waals surface area contributed by atoms with Crippen LogP contribution in [0.5, 0.6) is 5.75 Å². The summed E-state index contributed by atoms with van der Waals surface area (Å²) in [6.45, 7) is 7.28. The minimum Gasteiger partial charge on any atom is -0.488 e. The third-order valence-electron chi connectivity index (χ3n) is 5.27. The number of fused-ring (bicyclic) bond motifs is 1. The van der Waals surface area contributed by atoms with Crippen LogP contribution in [-0.2, 0) is 27.5 Å². The van der Waals surface area contributed by atoms with Gasteiger partial charge in [-0.2, -0.15) is 4.99 Å². The Balaban J connectivity index is 1.61. The van der Waals surface area contributed by atoms with Crippen LogP contribution in [0.4, 0.5) is 4.79 Å². The lowest BCUT2D eigenvalue weighted by atomic mass is 10.1. The molecule has 0 saturated heterocycles. The summed E-state index contributed by atoms with van der Waals surface area (Å²) in [6, 6.07) is 6.37. The number of primary amides is 1. The number of aliphatic imine (C=N–C) groups is 1. The van der Waals surface area contributed by atoms with E-state index in [1.807, 2.05) is 0 Å². The van der Waals surface area contributed by atoms with E-state index in [4.69, 9.17) is 15.2 Å². The van der Waals surface area contributed by atoms with Gasteiger partial charge in [-0.05, 0) is 63.9 Å². The Labute approximate surface area is 207 Å². The summed E-state index contributed by atoms with van der Waals surface area (Å²) < 4.78 is 11.0. The summed E-state index contributed by atoms with van der Waals surface area (Å²) >= 11 is 1.43. The molecule has 1 unspecified atom stereocenters. The summed E-state index contributed by atoms with van der Waals surface area (Å²) in [4.78, 5) is 54.1. The average Bonchev–Trinajstić information content (AvgIpc) is 3.30. The van der Waals surface area contributed by atoms with E-state index in [1.54, 1.807) is 50.4 Å². The van der Waals surface area contributed by atoms with E-state index in [-0.39, 0.29) is 31.1 Å². The van der Waals surface area contributed by atoms with E-state index in [1.165, 1.54) is 29.4 Å². The third-order valence-corrected chi connectivity index (χ3v) is 6.28. The predicted molar refractivity (Wildman–Crippen MR) is 132 cm³/mol. The molecule has 1 aliphatic rings. The molecule has 0 radical (unpaired) electrons. The van der Waals surface area contributed by atoms with Gasteiger partial charge in [-0.25, -0.2) is 4.79 Å². The molecule has 1 aliphatic heterocycles. The zero-order valence-corrected chi connectivity index (χ0v) is 21.0. The van der Waals surface area contributed by atoms with E-state index in [0.29, 0.717) is 23.4 Å². The van der Waals surface area contributed by atoms with Gasteiger partial charge >= 0.3 is 6.09 Å². The van der Waals surface area contributed by atoms with Gasteiger partial charge in [-0.1, -0.05) is 0 Å². The molecule has 0 saturated carbocycles. The fraction of sp³-hybridized carbons (Fsp3) is 0.400. The number of nitrogens with zero attached hydrogens (tertiary/aromatic N) is 2. The standard InChI is InChI=1S/C25H29N3O6S/c1-15(29)20(9-10-22(26)30)28-12-18-19(23(28)31)14-35-21(18)13-33-17-7-5-16(6-8-17)11-27-24(32)34-25(2,3)4/h5-8,11,14,20H,9-10,12-13H2,1-4H3,(H2,26,30)/b27-11+. The number of rotatable bonds is 9. The van der Waals surface area contributed by atoms with Crippen LogP contribution in [0.15, 0.2) is 34.6 Å². The van der Waals surface area contributed by atoms with Crippen LogP contribution in [-0.4, -0.2) is 46.4 Å². The summed E-state index contributed by atoms with van der Waals surface area (Å²) in [6.07, 6.45) is 1.01. The van der Waals surface area contributed by atoms with Crippen LogP contribution >= 0.6 is 11.3 Å². The molecule has 0 spiro atoms. The molecule has 2 aromatic rings. The minimum absolute atomic E-state index is 0.0370. The largest absolute Gasteiger partial charge is 0.488 e. The zero-order chi connectivity index (χ0) is 25.8. The smallest absolute Gasteiger partial charge is 0.434 e. The van der Waals surface area contributed by atoms with Crippen molar-refractivity contribution >= 4 is 41.2 Å². The van der Waals surface area contributed by atoms with Crippen LogP contribution in [0.2, 0.25) is 0 Å². The number of thiophene rings is 1. The van der Waals surface area contributed by atoms with Gasteiger partial charge in [0.15, 0.2) is 5.78 Å². The number of ether oxygens (including phenoxy) is 2. The summed E-state index contributed by atoms with van der Waals surface area (Å²) in [7, 11) is 0. The van der Waals surface area contributed by atoms with Gasteiger partial charge in [-0.3, -0.25) is 14.4 Å². The van der Waals surface area contributed by atoms with Crippen molar-refractivity contribution in [3.63, 3.8) is 0 Å². The van der Waals surface area contributed by atoms with E-state index in [2.05, 4.69) is 4.99 Å². The fourth-order valence-electron chi connectivity index (χ4n) is 3.62. The Morgan fingerprint density at radius 3 is 2.51 bits per heavy atom. The maximum atomic E-state index is 12.9. The van der Waals surface area contributed by atoms with Crippen molar-refractivity contribution < 1.29 is 28.7 Å². The average molecular weight is 500 g/mol. The molecule has 3 amide bonds. The first-order valence-electron chi connectivity index (χ1n) is 11.1. The van der Waals surface area contributed by atoms with Crippen molar-refractivity contribution in [3.8, 4) is 5.75 Å². The summed E-state index contributed by atoms with van der Waals surface area (Å²) in [5.74, 6) is -0.290. The normalized spacial score (nSPS) is 14.2. The molecule has 0 bridgehead atoms. The number of benzene rings is 1. The molecule has 1 atom stereocenters. The quantitative estimate of drug-likeness (QED) is 0.522. The Bertz CT molecular complexity index is 1150. The lowest BCUT2D eigenvalue weighted by Crippen LogP contribution is -2.41. The van der Waals surface area contributed by atoms with Crippen molar-refractivity contribution in [2.24, 2.45) is 10.7 Å². The fourth-order valence-corrected chi connectivity index (χ4v) is 4.56. The molecular formula is C25H29N3O6S. The highest BCUT2D eigenvalue weighted by molar-refractivity contribution is 7.10. The summed E-state index contributed by atoms with van der Waals surface area (Å²) in [5.41, 5.74) is 6.73. The summed E-state index contributed by atoms with van der Waals surface area (Å²) in [5, 5.41) is 1.78. The Kier molecular flexibility index (Phi) is 8.06. The molecule has 9 nitrogen and oxygen atoms in total. The van der Waals surface area contributed by atoms with Crippen molar-refractivity contribution in [2.45, 2.75) is 65.3 Å². The number of nitrogens with two attached hydrogens (primary N) is 1. The lowest BCUT2D eigenvalue weighted by Gasteiger charge is -2.25. The van der Waals surface area contributed by atoms with Gasteiger partial charge in [0.05, 0.1) is 11.6 Å². The molecule has 2 heterocycles. The number of ketones is 1. The zero-order valence-electron chi connectivity index (χ0n) is 20.2. The van der Waals surface area contributed by atoms with Crippen molar-refractivity contribution in [2.75, 3.05) is 0 Å². The molecule has 0 fully saturated rings. The molecule has 1 aromatic carbocycles. The SMILES string of the molecule is CC(=O)C(CCC(N)=O)N1Cc2c(csc2COc2ccc(/C=N/C(=O)OC(C)(C)C)cc2)C1=O. The van der Waals surface area contributed by atoms with E-state index < -0.39 is 23.6 Å². The third kappa shape index (κ3) is 6.98. The molecule has 35 heavy (non-hydrogen) atoms. The monoisotopic (exact) mass is 499 g/mol. The van der Waals surface area contributed by atoms with Crippen molar-refractivity contribution in [1.29, 1.82) is 0 Å². The van der Waals surface area contributed by atoms with Gasteiger partial charge in [-0.15, -0.1) is 11.3 Å². The van der Waals surface area contributed by atoms with Gasteiger partial charge in [0, 0.05) is 35.0 Å². The van der Waals surface area contributed by atoms with Crippen LogP contribution < -0.4 is 10.5 Å². The number of carbonyl (C=O) groups is 4. The topological polar surface area (TPSA) is 128 Å².